The fraction of sp³-hybridized carbons (Fsp3) is 0.652. The number of piperazine rings is 1. The van der Waals surface area contributed by atoms with E-state index in [1.54, 1.807) is 17.0 Å². The molecule has 0 bridgehead atoms. The van der Waals surface area contributed by atoms with Crippen LogP contribution < -0.4 is 5.32 Å². The number of amides is 2. The van der Waals surface area contributed by atoms with Crippen molar-refractivity contribution >= 4 is 11.8 Å². The molecule has 3 fully saturated rings. The molecule has 3 aliphatic rings. The molecule has 0 unspecified atom stereocenters. The van der Waals surface area contributed by atoms with E-state index in [-0.39, 0.29) is 29.5 Å². The van der Waals surface area contributed by atoms with Gasteiger partial charge in [-0.1, -0.05) is 25.0 Å². The molecular weight excluding hydrogens is 385 g/mol. The first kappa shape index (κ1) is 21.2. The zero-order valence-corrected chi connectivity index (χ0v) is 17.5. The number of halogens is 1. The summed E-state index contributed by atoms with van der Waals surface area (Å²) in [5.41, 5.74) is 0.118. The summed E-state index contributed by atoms with van der Waals surface area (Å²) < 4.78 is 19.6. The van der Waals surface area contributed by atoms with Crippen LogP contribution in [0.3, 0.4) is 0 Å². The van der Waals surface area contributed by atoms with Crippen LogP contribution in [0, 0.1) is 11.7 Å². The lowest BCUT2D eigenvalue weighted by atomic mass is 9.94. The number of benzene rings is 1. The van der Waals surface area contributed by atoms with E-state index in [1.165, 1.54) is 25.0 Å². The van der Waals surface area contributed by atoms with Crippen molar-refractivity contribution in [1.82, 2.24) is 15.1 Å². The minimum Gasteiger partial charge on any atom is -0.376 e. The Morgan fingerprint density at radius 2 is 1.80 bits per heavy atom. The molecule has 4 rings (SSSR count). The molecule has 1 N–H and O–H groups in total. The third-order valence-corrected chi connectivity index (χ3v) is 6.74. The zero-order chi connectivity index (χ0) is 20.9. The molecule has 2 heterocycles. The van der Waals surface area contributed by atoms with E-state index in [4.69, 9.17) is 4.74 Å². The van der Waals surface area contributed by atoms with Gasteiger partial charge in [0.05, 0.1) is 17.7 Å². The lowest BCUT2D eigenvalue weighted by molar-refractivity contribution is -0.129. The lowest BCUT2D eigenvalue weighted by Crippen LogP contribution is -2.58. The quantitative estimate of drug-likeness (QED) is 0.772. The van der Waals surface area contributed by atoms with Gasteiger partial charge in [-0.05, 0) is 43.7 Å². The standard InChI is InChI=1S/C23H32FN3O3/c24-20-10-4-3-9-19(20)23(29)27-13-11-26(12-14-27)21(17-6-1-2-7-17)22(28)25-16-18-8-5-15-30-18/h3-4,9-10,17-18,21H,1-2,5-8,11-16H2,(H,25,28)/t18-,21-/m1/s1. The number of ether oxygens (including phenoxy) is 1. The van der Waals surface area contributed by atoms with Crippen molar-refractivity contribution in [2.24, 2.45) is 5.92 Å². The number of rotatable bonds is 6. The Bertz CT molecular complexity index is 739. The molecule has 0 aromatic heterocycles. The molecule has 2 atom stereocenters. The second kappa shape index (κ2) is 9.88. The SMILES string of the molecule is O=C(NC[C@H]1CCCO1)[C@@H](C1CCCC1)N1CCN(C(=O)c2ccccc2F)CC1. The number of nitrogens with zero attached hydrogens (tertiary/aromatic N) is 2. The van der Waals surface area contributed by atoms with E-state index in [0.29, 0.717) is 38.6 Å². The van der Waals surface area contributed by atoms with Gasteiger partial charge in [0.1, 0.15) is 5.82 Å². The molecular formula is C23H32FN3O3. The van der Waals surface area contributed by atoms with E-state index < -0.39 is 5.82 Å². The number of hydrogen-bond donors (Lipinski definition) is 1. The Morgan fingerprint density at radius 1 is 1.07 bits per heavy atom. The maximum Gasteiger partial charge on any atom is 0.256 e. The highest BCUT2D eigenvalue weighted by Gasteiger charge is 2.37. The summed E-state index contributed by atoms with van der Waals surface area (Å²) in [4.78, 5) is 29.8. The lowest BCUT2D eigenvalue weighted by Gasteiger charge is -2.41. The Morgan fingerprint density at radius 3 is 2.47 bits per heavy atom. The van der Waals surface area contributed by atoms with Crippen molar-refractivity contribution in [2.45, 2.75) is 50.7 Å². The van der Waals surface area contributed by atoms with Gasteiger partial charge < -0.3 is 15.0 Å². The molecule has 0 radical (unpaired) electrons. The summed E-state index contributed by atoms with van der Waals surface area (Å²) in [6.07, 6.45) is 6.69. The van der Waals surface area contributed by atoms with Crippen molar-refractivity contribution in [3.63, 3.8) is 0 Å². The van der Waals surface area contributed by atoms with E-state index >= 15 is 0 Å². The third kappa shape index (κ3) is 4.83. The summed E-state index contributed by atoms with van der Waals surface area (Å²) in [5.74, 6) is -0.301. The van der Waals surface area contributed by atoms with Crippen LogP contribution >= 0.6 is 0 Å². The fourth-order valence-corrected chi connectivity index (χ4v) is 5.08. The van der Waals surface area contributed by atoms with Gasteiger partial charge in [0.15, 0.2) is 0 Å². The van der Waals surface area contributed by atoms with Gasteiger partial charge in [0.2, 0.25) is 5.91 Å². The molecule has 6 nitrogen and oxygen atoms in total. The van der Waals surface area contributed by atoms with Crippen LogP contribution in [0.4, 0.5) is 4.39 Å². The van der Waals surface area contributed by atoms with Crippen molar-refractivity contribution in [1.29, 1.82) is 0 Å². The number of hydrogen-bond acceptors (Lipinski definition) is 4. The van der Waals surface area contributed by atoms with Gasteiger partial charge in [-0.25, -0.2) is 4.39 Å². The van der Waals surface area contributed by atoms with Crippen molar-refractivity contribution in [3.8, 4) is 0 Å². The number of nitrogens with one attached hydrogen (secondary N) is 1. The van der Waals surface area contributed by atoms with Crippen molar-refractivity contribution in [3.05, 3.63) is 35.6 Å². The van der Waals surface area contributed by atoms with Gasteiger partial charge in [0.25, 0.3) is 5.91 Å². The molecule has 2 amide bonds. The summed E-state index contributed by atoms with van der Waals surface area (Å²) in [6, 6.07) is 5.97. The van der Waals surface area contributed by atoms with Crippen LogP contribution in [-0.4, -0.2) is 73.1 Å². The second-order valence-corrected chi connectivity index (χ2v) is 8.68. The van der Waals surface area contributed by atoms with Crippen LogP contribution in [0.25, 0.3) is 0 Å². The summed E-state index contributed by atoms with van der Waals surface area (Å²) in [5, 5.41) is 3.13. The monoisotopic (exact) mass is 417 g/mol. The van der Waals surface area contributed by atoms with Crippen LogP contribution in [-0.2, 0) is 9.53 Å². The zero-order valence-electron chi connectivity index (χ0n) is 17.5. The smallest absolute Gasteiger partial charge is 0.256 e. The third-order valence-electron chi connectivity index (χ3n) is 6.74. The van der Waals surface area contributed by atoms with E-state index in [1.807, 2.05) is 0 Å². The first-order chi connectivity index (χ1) is 14.6. The molecule has 1 saturated carbocycles. The van der Waals surface area contributed by atoms with Gasteiger partial charge in [-0.3, -0.25) is 14.5 Å². The maximum atomic E-state index is 14.0. The fourth-order valence-electron chi connectivity index (χ4n) is 5.08. The average molecular weight is 418 g/mol. The first-order valence-corrected chi connectivity index (χ1v) is 11.3. The van der Waals surface area contributed by atoms with E-state index in [9.17, 15) is 14.0 Å². The predicted molar refractivity (Wildman–Crippen MR) is 112 cm³/mol. The molecule has 1 aromatic carbocycles. The molecule has 1 aromatic rings. The Balaban J connectivity index is 1.37. The highest BCUT2D eigenvalue weighted by molar-refractivity contribution is 5.94. The summed E-state index contributed by atoms with van der Waals surface area (Å²) in [6.45, 7) is 3.65. The van der Waals surface area contributed by atoms with Crippen LogP contribution in [0.2, 0.25) is 0 Å². The van der Waals surface area contributed by atoms with Gasteiger partial charge >= 0.3 is 0 Å². The highest BCUT2D eigenvalue weighted by Crippen LogP contribution is 2.31. The molecule has 0 spiro atoms. The van der Waals surface area contributed by atoms with E-state index in [2.05, 4.69) is 10.2 Å². The van der Waals surface area contributed by atoms with Gasteiger partial charge in [-0.15, -0.1) is 0 Å². The van der Waals surface area contributed by atoms with Crippen LogP contribution in [0.5, 0.6) is 0 Å². The summed E-state index contributed by atoms with van der Waals surface area (Å²) in [7, 11) is 0. The summed E-state index contributed by atoms with van der Waals surface area (Å²) >= 11 is 0. The van der Waals surface area contributed by atoms with Crippen molar-refractivity contribution in [2.75, 3.05) is 39.3 Å². The molecule has 7 heteroatoms. The molecule has 164 valence electrons. The minimum atomic E-state index is -0.484. The predicted octanol–water partition coefficient (Wildman–Crippen LogP) is 2.44. The highest BCUT2D eigenvalue weighted by atomic mass is 19.1. The van der Waals surface area contributed by atoms with Crippen LogP contribution in [0.1, 0.15) is 48.9 Å². The Hall–Kier alpha value is -1.99. The van der Waals surface area contributed by atoms with Gasteiger partial charge in [0, 0.05) is 39.3 Å². The average Bonchev–Trinajstić information content (AvgIpc) is 3.47. The molecule has 1 aliphatic carbocycles. The molecule has 30 heavy (non-hydrogen) atoms. The maximum absolute atomic E-state index is 14.0. The number of carbonyl (C=O) groups is 2. The topological polar surface area (TPSA) is 61.9 Å². The molecule has 2 aliphatic heterocycles. The Kier molecular flexibility index (Phi) is 7.00. The normalized spacial score (nSPS) is 24.2. The van der Waals surface area contributed by atoms with Crippen molar-refractivity contribution < 1.29 is 18.7 Å². The first-order valence-electron chi connectivity index (χ1n) is 11.3. The largest absolute Gasteiger partial charge is 0.376 e. The Labute approximate surface area is 177 Å². The minimum absolute atomic E-state index is 0.0891. The second-order valence-electron chi connectivity index (χ2n) is 8.68. The van der Waals surface area contributed by atoms with E-state index in [0.717, 1.165) is 32.3 Å². The van der Waals surface area contributed by atoms with Crippen LogP contribution in [0.15, 0.2) is 24.3 Å². The number of carbonyl (C=O) groups excluding carboxylic acids is 2. The van der Waals surface area contributed by atoms with Gasteiger partial charge in [-0.2, -0.15) is 0 Å². The molecule has 2 saturated heterocycles.